The highest BCUT2D eigenvalue weighted by Crippen LogP contribution is 2.47. The van der Waals surface area contributed by atoms with Crippen molar-refractivity contribution in [3.05, 3.63) is 24.3 Å². The second-order valence-electron chi connectivity index (χ2n) is 20.3. The molecule has 9 N–H and O–H groups in total. The Bertz CT molecular complexity index is 1270. The van der Waals surface area contributed by atoms with Crippen LogP contribution in [0.4, 0.5) is 0 Å². The van der Waals surface area contributed by atoms with Crippen LogP contribution in [-0.2, 0) is 18.4 Å². The van der Waals surface area contributed by atoms with Crippen molar-refractivity contribution in [1.29, 1.82) is 0 Å². The van der Waals surface area contributed by atoms with Crippen molar-refractivity contribution < 1.29 is 59.0 Å². The van der Waals surface area contributed by atoms with E-state index in [1.165, 1.54) is 167 Å². The highest BCUT2D eigenvalue weighted by atomic mass is 31.2. The predicted molar refractivity (Wildman–Crippen MR) is 280 cm³/mol. The van der Waals surface area contributed by atoms with Gasteiger partial charge in [-0.3, -0.25) is 13.8 Å². The van der Waals surface area contributed by atoms with E-state index in [4.69, 9.17) is 9.05 Å². The predicted octanol–water partition coefficient (Wildman–Crippen LogP) is 11.5. The van der Waals surface area contributed by atoms with Crippen LogP contribution in [0, 0.1) is 0 Å². The van der Waals surface area contributed by atoms with Gasteiger partial charge in [0.25, 0.3) is 0 Å². The van der Waals surface area contributed by atoms with Crippen molar-refractivity contribution in [2.45, 2.75) is 313 Å². The Kier molecular flexibility index (Phi) is 42.2. The first kappa shape index (κ1) is 65.8. The van der Waals surface area contributed by atoms with E-state index in [9.17, 15) is 50.0 Å². The minimum Gasteiger partial charge on any atom is -0.393 e. The second kappa shape index (κ2) is 44.3. The van der Waals surface area contributed by atoms with E-state index in [2.05, 4.69) is 31.3 Å². The van der Waals surface area contributed by atoms with Crippen molar-refractivity contribution in [1.82, 2.24) is 5.32 Å². The molecule has 8 unspecified atom stereocenters. The molecule has 0 aromatic heterocycles. The molecule has 69 heavy (non-hydrogen) atoms. The number of phosphoric acid groups is 1. The minimum atomic E-state index is -5.15. The molecule has 0 aliphatic heterocycles. The molecule has 8 atom stereocenters. The molecule has 13 nitrogen and oxygen atoms in total. The van der Waals surface area contributed by atoms with Gasteiger partial charge in [0.05, 0.1) is 31.3 Å². The number of unbranched alkanes of at least 4 members (excludes halogenated alkanes) is 33. The summed E-state index contributed by atoms with van der Waals surface area (Å²) < 4.78 is 23.0. The van der Waals surface area contributed by atoms with Crippen molar-refractivity contribution in [3.63, 3.8) is 0 Å². The topological polar surface area (TPSA) is 226 Å². The van der Waals surface area contributed by atoms with Crippen molar-refractivity contribution in [2.24, 2.45) is 0 Å². The number of nitrogens with one attached hydrogen (secondary N) is 1. The molecule has 0 aromatic rings. The van der Waals surface area contributed by atoms with Crippen LogP contribution in [0.3, 0.4) is 0 Å². The molecule has 0 aromatic carbocycles. The first-order chi connectivity index (χ1) is 33.3. The Labute approximate surface area is 420 Å². The normalized spacial score (nSPS) is 22.1. The maximum absolute atomic E-state index is 13.1. The first-order valence-electron chi connectivity index (χ1n) is 28.4. The Morgan fingerprint density at radius 1 is 0.507 bits per heavy atom. The lowest BCUT2D eigenvalue weighted by Crippen LogP contribution is -2.64. The van der Waals surface area contributed by atoms with Gasteiger partial charge in [-0.2, -0.15) is 0 Å². The zero-order chi connectivity index (χ0) is 50.8. The van der Waals surface area contributed by atoms with E-state index in [1.54, 1.807) is 6.08 Å². The van der Waals surface area contributed by atoms with Crippen LogP contribution in [0.5, 0.6) is 0 Å². The zero-order valence-corrected chi connectivity index (χ0v) is 44.6. The van der Waals surface area contributed by atoms with E-state index in [0.29, 0.717) is 12.8 Å². The van der Waals surface area contributed by atoms with Gasteiger partial charge in [0.15, 0.2) is 0 Å². The fourth-order valence-electron chi connectivity index (χ4n) is 9.18. The molecule has 0 spiro atoms. The molecule has 0 radical (unpaired) electrons. The smallest absolute Gasteiger partial charge is 0.393 e. The average Bonchev–Trinajstić information content (AvgIpc) is 3.32. The number of hydrogen-bond donors (Lipinski definition) is 9. The molecule has 408 valence electrons. The number of allylic oxidation sites excluding steroid dienone is 3. The fourth-order valence-corrected chi connectivity index (χ4v) is 10.1. The van der Waals surface area contributed by atoms with Gasteiger partial charge in [0.1, 0.15) is 36.6 Å². The van der Waals surface area contributed by atoms with E-state index in [1.807, 2.05) is 0 Å². The molecule has 14 heteroatoms. The lowest BCUT2D eigenvalue weighted by molar-refractivity contribution is -0.220. The third-order valence-corrected chi connectivity index (χ3v) is 14.8. The summed E-state index contributed by atoms with van der Waals surface area (Å²) in [5.41, 5.74) is 0. The van der Waals surface area contributed by atoms with Crippen molar-refractivity contribution in [3.8, 4) is 0 Å². The molecular formula is C55H106NO12P. The van der Waals surface area contributed by atoms with Crippen LogP contribution in [0.15, 0.2) is 24.3 Å². The molecular weight excluding hydrogens is 898 g/mol. The number of aliphatic hydroxyl groups excluding tert-OH is 7. The monoisotopic (exact) mass is 1000 g/mol. The summed E-state index contributed by atoms with van der Waals surface area (Å²) in [5.74, 6) is -0.594. The highest BCUT2D eigenvalue weighted by Gasteiger charge is 2.51. The molecule has 0 saturated heterocycles. The molecule has 1 aliphatic rings. The van der Waals surface area contributed by atoms with Crippen LogP contribution >= 0.6 is 7.82 Å². The Morgan fingerprint density at radius 3 is 1.23 bits per heavy atom. The van der Waals surface area contributed by atoms with Gasteiger partial charge in [-0.05, 0) is 44.9 Å². The van der Waals surface area contributed by atoms with Crippen LogP contribution in [0.25, 0.3) is 0 Å². The standard InChI is InChI=1S/C55H106NO12P/c1-3-5-7-9-11-13-15-17-19-21-23-25-26-28-30-32-34-36-38-40-42-46(57)44-49(59)56-47(45-67-69(65,66)68-55-53(63)51(61)50(60)52(62)54(55)64)48(58)43-41-39-37-35-33-31-29-27-24-22-20-18-16-14-12-10-8-6-4-2/h26,28,41,43,46-48,50-55,57-58,60-64H,3-25,27,29-40,42,44-45H2,1-2H3,(H,56,59)(H,65,66)/b28-26-,43-41+. The third-order valence-electron chi connectivity index (χ3n) is 13.8. The number of phosphoric ester groups is 1. The second-order valence-corrected chi connectivity index (χ2v) is 21.7. The molecule has 1 amide bonds. The summed E-state index contributed by atoms with van der Waals surface area (Å²) in [4.78, 5) is 23.6. The average molecular weight is 1000 g/mol. The summed E-state index contributed by atoms with van der Waals surface area (Å²) in [6.07, 6.45) is 38.3. The van der Waals surface area contributed by atoms with Gasteiger partial charge in [-0.15, -0.1) is 0 Å². The maximum Gasteiger partial charge on any atom is 0.472 e. The largest absolute Gasteiger partial charge is 0.472 e. The molecule has 1 saturated carbocycles. The Hall–Kier alpha value is -1.22. The fraction of sp³-hybridized carbons (Fsp3) is 0.909. The third kappa shape index (κ3) is 35.6. The maximum atomic E-state index is 13.1. The van der Waals surface area contributed by atoms with E-state index < -0.39 is 75.2 Å². The summed E-state index contributed by atoms with van der Waals surface area (Å²) in [7, 11) is -5.15. The minimum absolute atomic E-state index is 0.248. The summed E-state index contributed by atoms with van der Waals surface area (Å²) in [5, 5.41) is 74.8. The number of amides is 1. The molecule has 0 bridgehead atoms. The first-order valence-corrected chi connectivity index (χ1v) is 29.9. The zero-order valence-electron chi connectivity index (χ0n) is 43.7. The highest BCUT2D eigenvalue weighted by molar-refractivity contribution is 7.47. The molecule has 1 rings (SSSR count). The Balaban J connectivity index is 2.44. The number of rotatable bonds is 48. The van der Waals surface area contributed by atoms with Crippen LogP contribution in [0.2, 0.25) is 0 Å². The van der Waals surface area contributed by atoms with Crippen molar-refractivity contribution in [2.75, 3.05) is 6.61 Å². The van der Waals surface area contributed by atoms with Gasteiger partial charge in [0, 0.05) is 0 Å². The molecule has 0 heterocycles. The van der Waals surface area contributed by atoms with Gasteiger partial charge >= 0.3 is 7.82 Å². The van der Waals surface area contributed by atoms with E-state index >= 15 is 0 Å². The number of aliphatic hydroxyl groups is 7. The summed E-state index contributed by atoms with van der Waals surface area (Å²) >= 11 is 0. The van der Waals surface area contributed by atoms with Gasteiger partial charge in [-0.1, -0.05) is 231 Å². The summed E-state index contributed by atoms with van der Waals surface area (Å²) in [6.45, 7) is 3.78. The SMILES string of the molecule is CCCCCCCCCCCCC/C=C\CCCCCCCC(O)CC(=O)NC(COP(=O)(O)OC1C(O)C(O)C(O)C(O)C1O)C(O)/C=C/CCCCCCCCCCCCCCCCCCC. The van der Waals surface area contributed by atoms with Gasteiger partial charge < -0.3 is 46.0 Å². The number of hydrogen-bond acceptors (Lipinski definition) is 11. The van der Waals surface area contributed by atoms with Gasteiger partial charge in [-0.25, -0.2) is 4.57 Å². The Morgan fingerprint density at radius 2 is 0.841 bits per heavy atom. The number of carbonyl (C=O) groups excluding carboxylic acids is 1. The lowest BCUT2D eigenvalue weighted by Gasteiger charge is -2.41. The molecule has 1 aliphatic carbocycles. The van der Waals surface area contributed by atoms with E-state index in [0.717, 1.165) is 64.2 Å². The van der Waals surface area contributed by atoms with Crippen LogP contribution in [-0.4, -0.2) is 108 Å². The molecule has 1 fully saturated rings. The van der Waals surface area contributed by atoms with Crippen LogP contribution in [0.1, 0.15) is 258 Å². The van der Waals surface area contributed by atoms with Crippen molar-refractivity contribution >= 4 is 13.7 Å². The number of carbonyl (C=O) groups is 1. The van der Waals surface area contributed by atoms with E-state index in [-0.39, 0.29) is 6.42 Å². The van der Waals surface area contributed by atoms with Gasteiger partial charge in [0.2, 0.25) is 5.91 Å². The van der Waals surface area contributed by atoms with Crippen LogP contribution < -0.4 is 5.32 Å². The summed E-state index contributed by atoms with van der Waals surface area (Å²) in [6, 6.07) is -1.24. The lowest BCUT2D eigenvalue weighted by atomic mass is 9.85. The quantitative estimate of drug-likeness (QED) is 0.0158.